The molecule has 2 aliphatic rings. The minimum atomic E-state index is -0.637. The molecule has 1 atom stereocenters. The smallest absolute Gasteiger partial charge is 0.257 e. The summed E-state index contributed by atoms with van der Waals surface area (Å²) in [6.07, 6.45) is 0.749. The molecule has 0 bridgehead atoms. The fraction of sp³-hybridized carbons (Fsp3) is 0.417. The Morgan fingerprint density at radius 3 is 2.73 bits per heavy atom. The van der Waals surface area contributed by atoms with Gasteiger partial charge in [-0.1, -0.05) is 37.3 Å². The van der Waals surface area contributed by atoms with E-state index in [2.05, 4.69) is 23.1 Å². The van der Waals surface area contributed by atoms with Gasteiger partial charge in [-0.3, -0.25) is 14.5 Å². The van der Waals surface area contributed by atoms with Gasteiger partial charge < -0.3 is 14.7 Å². The molecule has 6 heteroatoms. The number of carbonyl (C=O) groups is 2. The van der Waals surface area contributed by atoms with E-state index in [-0.39, 0.29) is 18.2 Å². The highest BCUT2D eigenvalue weighted by atomic mass is 16.5. The van der Waals surface area contributed by atoms with Crippen molar-refractivity contribution < 1.29 is 19.4 Å². The van der Waals surface area contributed by atoms with Crippen LogP contribution in [0, 0.1) is 0 Å². The van der Waals surface area contributed by atoms with Crippen molar-refractivity contribution in [1.82, 2.24) is 9.80 Å². The monoisotopic (exact) mass is 408 g/mol. The predicted octanol–water partition coefficient (Wildman–Crippen LogP) is 2.53. The van der Waals surface area contributed by atoms with Gasteiger partial charge in [0.2, 0.25) is 0 Å². The Kier molecular flexibility index (Phi) is 6.16. The molecule has 0 fully saturated rings. The Morgan fingerprint density at radius 1 is 1.13 bits per heavy atom. The van der Waals surface area contributed by atoms with Gasteiger partial charge in [-0.05, 0) is 29.7 Å². The summed E-state index contributed by atoms with van der Waals surface area (Å²) in [5.41, 5.74) is 3.68. The number of aliphatic hydroxyl groups is 1. The first-order valence-electron chi connectivity index (χ1n) is 10.6. The number of Topliss-reactive ketones (excluding diaryl/α,β-unsaturated/α-hetero) is 1. The fourth-order valence-corrected chi connectivity index (χ4v) is 4.23. The summed E-state index contributed by atoms with van der Waals surface area (Å²) in [6.45, 7) is 5.07. The minimum Gasteiger partial charge on any atom is -0.491 e. The lowest BCUT2D eigenvalue weighted by molar-refractivity contribution is 0.0501. The summed E-state index contributed by atoms with van der Waals surface area (Å²) in [5.74, 6) is 0.304. The molecule has 2 aromatic rings. The number of amides is 1. The average Bonchev–Trinajstić information content (AvgIpc) is 2.91. The van der Waals surface area contributed by atoms with Crippen molar-refractivity contribution in [2.75, 3.05) is 32.8 Å². The fourth-order valence-electron chi connectivity index (χ4n) is 4.23. The number of hydrogen-bond acceptors (Lipinski definition) is 5. The number of hydrogen-bond donors (Lipinski definition) is 1. The molecule has 6 nitrogen and oxygen atoms in total. The molecular weight excluding hydrogens is 380 g/mol. The van der Waals surface area contributed by atoms with Crippen molar-refractivity contribution >= 4 is 11.7 Å². The van der Waals surface area contributed by atoms with Crippen molar-refractivity contribution in [3.63, 3.8) is 0 Å². The van der Waals surface area contributed by atoms with Crippen molar-refractivity contribution in [1.29, 1.82) is 0 Å². The Labute approximate surface area is 177 Å². The molecule has 0 saturated heterocycles. The summed E-state index contributed by atoms with van der Waals surface area (Å²) in [5, 5.41) is 10.7. The summed E-state index contributed by atoms with van der Waals surface area (Å²) in [6, 6.07) is 13.4. The Hall–Kier alpha value is -2.70. The van der Waals surface area contributed by atoms with E-state index in [4.69, 9.17) is 4.74 Å². The van der Waals surface area contributed by atoms with E-state index in [9.17, 15) is 14.7 Å². The second-order valence-corrected chi connectivity index (χ2v) is 7.99. The van der Waals surface area contributed by atoms with Gasteiger partial charge in [0.05, 0.1) is 18.2 Å². The first kappa shape index (κ1) is 20.6. The van der Waals surface area contributed by atoms with Crippen molar-refractivity contribution in [2.45, 2.75) is 32.4 Å². The van der Waals surface area contributed by atoms with Crippen LogP contribution in [0.25, 0.3) is 0 Å². The maximum Gasteiger partial charge on any atom is 0.257 e. The van der Waals surface area contributed by atoms with Gasteiger partial charge in [0, 0.05) is 38.2 Å². The third-order valence-electron chi connectivity index (χ3n) is 5.87. The number of carbonyl (C=O) groups excluding carboxylic acids is 2. The van der Waals surface area contributed by atoms with Crippen LogP contribution in [0.15, 0.2) is 42.5 Å². The van der Waals surface area contributed by atoms with Gasteiger partial charge in [0.1, 0.15) is 12.4 Å². The summed E-state index contributed by atoms with van der Waals surface area (Å²) in [7, 11) is 0. The van der Waals surface area contributed by atoms with Crippen LogP contribution >= 0.6 is 0 Å². The Morgan fingerprint density at radius 2 is 1.93 bits per heavy atom. The van der Waals surface area contributed by atoms with Crippen LogP contribution in [0.2, 0.25) is 0 Å². The zero-order chi connectivity index (χ0) is 21.1. The van der Waals surface area contributed by atoms with Crippen LogP contribution in [-0.4, -0.2) is 65.5 Å². The molecule has 4 rings (SSSR count). The molecule has 158 valence electrons. The van der Waals surface area contributed by atoms with Crippen LogP contribution in [0.3, 0.4) is 0 Å². The van der Waals surface area contributed by atoms with E-state index in [1.807, 2.05) is 13.0 Å². The number of nitrogens with zero attached hydrogens (tertiary/aromatic N) is 2. The lowest BCUT2D eigenvalue weighted by atomic mass is 10.00. The van der Waals surface area contributed by atoms with E-state index in [0.29, 0.717) is 43.0 Å². The normalized spacial score (nSPS) is 17.5. The highest BCUT2D eigenvalue weighted by Gasteiger charge is 2.27. The second kappa shape index (κ2) is 8.98. The number of aliphatic hydroxyl groups excluding tert-OH is 1. The molecule has 2 aromatic carbocycles. The number of benzene rings is 2. The minimum absolute atomic E-state index is 0.0217. The lowest BCUT2D eigenvalue weighted by Gasteiger charge is -2.32. The molecule has 1 N–H and O–H groups in total. The zero-order valence-electron chi connectivity index (χ0n) is 17.3. The molecule has 2 heterocycles. The first-order chi connectivity index (χ1) is 14.5. The largest absolute Gasteiger partial charge is 0.491 e. The number of β-amino-alcohol motifs (C(OH)–C–C–N with tert-alkyl or cyclic N) is 1. The van der Waals surface area contributed by atoms with Crippen LogP contribution in [0.4, 0.5) is 0 Å². The van der Waals surface area contributed by atoms with E-state index in [0.717, 1.165) is 19.5 Å². The molecule has 30 heavy (non-hydrogen) atoms. The highest BCUT2D eigenvalue weighted by Crippen LogP contribution is 2.26. The Balaban J connectivity index is 1.40. The summed E-state index contributed by atoms with van der Waals surface area (Å²) >= 11 is 0. The molecule has 0 aliphatic carbocycles. The number of fused-ring (bicyclic) bond motifs is 2. The lowest BCUT2D eigenvalue weighted by Crippen LogP contribution is -2.44. The van der Waals surface area contributed by atoms with Crippen molar-refractivity contribution in [3.8, 4) is 5.75 Å². The number of ether oxygens (including phenoxy) is 1. The number of rotatable bonds is 6. The number of ketones is 1. The average molecular weight is 408 g/mol. The standard InChI is InChI=1S/C24H28N2O4/c1-2-22(28)18-7-8-21-23(13-18)30-12-11-26(24(21)29)16-20(27)15-25-10-9-17-5-3-4-6-19(17)14-25/h3-8,13,20,27H,2,9-12,14-16H2,1H3. The molecule has 0 saturated carbocycles. The van der Waals surface area contributed by atoms with E-state index in [1.165, 1.54) is 11.1 Å². The van der Waals surface area contributed by atoms with Gasteiger partial charge >= 0.3 is 0 Å². The van der Waals surface area contributed by atoms with Gasteiger partial charge in [0.15, 0.2) is 5.78 Å². The summed E-state index contributed by atoms with van der Waals surface area (Å²) in [4.78, 5) is 28.9. The Bertz CT molecular complexity index is 943. The van der Waals surface area contributed by atoms with Crippen LogP contribution < -0.4 is 4.74 Å². The topological polar surface area (TPSA) is 70.1 Å². The van der Waals surface area contributed by atoms with E-state index >= 15 is 0 Å². The van der Waals surface area contributed by atoms with Crippen LogP contribution in [0.1, 0.15) is 45.2 Å². The second-order valence-electron chi connectivity index (χ2n) is 7.99. The molecular formula is C24H28N2O4. The third kappa shape index (κ3) is 4.40. The van der Waals surface area contributed by atoms with E-state index < -0.39 is 6.10 Å². The SMILES string of the molecule is CCC(=O)c1ccc2c(c1)OCCN(CC(O)CN1CCc3ccccc3C1)C2=O. The molecule has 0 aromatic heterocycles. The predicted molar refractivity (Wildman–Crippen MR) is 114 cm³/mol. The van der Waals surface area contributed by atoms with Crippen LogP contribution in [-0.2, 0) is 13.0 Å². The van der Waals surface area contributed by atoms with Crippen molar-refractivity contribution in [3.05, 3.63) is 64.7 Å². The molecule has 1 unspecified atom stereocenters. The van der Waals surface area contributed by atoms with Gasteiger partial charge in [0.25, 0.3) is 5.91 Å². The molecule has 0 radical (unpaired) electrons. The zero-order valence-corrected chi connectivity index (χ0v) is 17.3. The van der Waals surface area contributed by atoms with E-state index in [1.54, 1.807) is 23.1 Å². The van der Waals surface area contributed by atoms with Crippen LogP contribution in [0.5, 0.6) is 5.75 Å². The maximum atomic E-state index is 13.0. The van der Waals surface area contributed by atoms with Gasteiger partial charge in [-0.25, -0.2) is 0 Å². The third-order valence-corrected chi connectivity index (χ3v) is 5.87. The molecule has 0 spiro atoms. The maximum absolute atomic E-state index is 13.0. The van der Waals surface area contributed by atoms with Gasteiger partial charge in [-0.2, -0.15) is 0 Å². The van der Waals surface area contributed by atoms with Gasteiger partial charge in [-0.15, -0.1) is 0 Å². The highest BCUT2D eigenvalue weighted by molar-refractivity contribution is 6.01. The molecule has 2 aliphatic heterocycles. The molecule has 1 amide bonds. The summed E-state index contributed by atoms with van der Waals surface area (Å²) < 4.78 is 5.75. The quantitative estimate of drug-likeness (QED) is 0.744. The van der Waals surface area contributed by atoms with Crippen molar-refractivity contribution in [2.24, 2.45) is 0 Å². The first-order valence-corrected chi connectivity index (χ1v) is 10.6.